The summed E-state index contributed by atoms with van der Waals surface area (Å²) in [6, 6.07) is 10.7. The highest BCUT2D eigenvalue weighted by Crippen LogP contribution is 2.51. The number of nitrogens with zero attached hydrogens (tertiary/aromatic N) is 4. The lowest BCUT2D eigenvalue weighted by Gasteiger charge is -2.44. The molecule has 2 aromatic rings. The van der Waals surface area contributed by atoms with Crippen LogP contribution in [0.4, 0.5) is 29.3 Å². The number of carbonyl (C=O) groups excluding carboxylic acids is 2. The zero-order valence-electron chi connectivity index (χ0n) is 26.7. The number of thiol groups is 1. The fourth-order valence-corrected chi connectivity index (χ4v) is 7.17. The number of aryl methyl sites for hydroxylation is 1. The summed E-state index contributed by atoms with van der Waals surface area (Å²) >= 11 is 4.79. The maximum absolute atomic E-state index is 13.9. The van der Waals surface area contributed by atoms with E-state index in [0.717, 1.165) is 54.8 Å². The van der Waals surface area contributed by atoms with Gasteiger partial charge in [-0.15, -0.1) is 12.6 Å². The third-order valence-electron chi connectivity index (χ3n) is 9.18. The monoisotopic (exact) mass is 658 g/mol. The van der Waals surface area contributed by atoms with Gasteiger partial charge in [-0.25, -0.2) is 4.79 Å². The number of nitriles is 1. The van der Waals surface area contributed by atoms with Crippen LogP contribution in [0.15, 0.2) is 36.4 Å². The van der Waals surface area contributed by atoms with Gasteiger partial charge in [0, 0.05) is 24.5 Å². The summed E-state index contributed by atoms with van der Waals surface area (Å²) < 4.78 is 53.0. The van der Waals surface area contributed by atoms with Crippen molar-refractivity contribution in [3.63, 3.8) is 0 Å². The first-order valence-electron chi connectivity index (χ1n) is 15.8. The van der Waals surface area contributed by atoms with Gasteiger partial charge in [0.15, 0.2) is 5.50 Å². The lowest BCUT2D eigenvalue weighted by atomic mass is 9.75. The van der Waals surface area contributed by atoms with E-state index in [1.54, 1.807) is 11.0 Å². The number of hydrogen-bond donors (Lipinski definition) is 1. The zero-order valence-corrected chi connectivity index (χ0v) is 27.6. The minimum absolute atomic E-state index is 0.0534. The summed E-state index contributed by atoms with van der Waals surface area (Å²) in [6.07, 6.45) is 0.236. The number of halogens is 3. The van der Waals surface area contributed by atoms with Gasteiger partial charge < -0.3 is 19.3 Å². The van der Waals surface area contributed by atoms with Crippen molar-refractivity contribution in [3.8, 4) is 11.8 Å². The van der Waals surface area contributed by atoms with Crippen molar-refractivity contribution < 1.29 is 32.2 Å². The molecular formula is C34H41F3N4O4S. The fourth-order valence-electron chi connectivity index (χ4n) is 6.58. The molecule has 2 amide bonds. The average Bonchev–Trinajstić information content (AvgIpc) is 3.22. The Hall–Kier alpha value is -3.59. The molecule has 2 aromatic carbocycles. The molecular weight excluding hydrogens is 617 g/mol. The summed E-state index contributed by atoms with van der Waals surface area (Å²) in [4.78, 5) is 31.2. The number of alkyl halides is 3. The van der Waals surface area contributed by atoms with Crippen LogP contribution in [-0.4, -0.2) is 53.2 Å². The predicted molar refractivity (Wildman–Crippen MR) is 172 cm³/mol. The van der Waals surface area contributed by atoms with Crippen LogP contribution in [0.5, 0.6) is 5.75 Å². The molecule has 0 N–H and O–H groups in total. The first-order valence-corrected chi connectivity index (χ1v) is 16.4. The van der Waals surface area contributed by atoms with Crippen LogP contribution in [0.3, 0.4) is 0 Å². The molecule has 1 atom stereocenters. The molecule has 3 aliphatic rings. The molecule has 1 unspecified atom stereocenters. The molecule has 1 aliphatic carbocycles. The summed E-state index contributed by atoms with van der Waals surface area (Å²) in [5.74, 6) is 0.890. The second-order valence-corrected chi connectivity index (χ2v) is 13.8. The second-order valence-electron chi connectivity index (χ2n) is 13.3. The van der Waals surface area contributed by atoms with Gasteiger partial charge in [0.1, 0.15) is 16.9 Å². The van der Waals surface area contributed by atoms with Gasteiger partial charge in [-0.2, -0.15) is 18.4 Å². The van der Waals surface area contributed by atoms with E-state index in [2.05, 4.69) is 0 Å². The van der Waals surface area contributed by atoms with E-state index in [1.807, 2.05) is 50.8 Å². The van der Waals surface area contributed by atoms with Crippen molar-refractivity contribution in [2.75, 3.05) is 29.5 Å². The van der Waals surface area contributed by atoms with Gasteiger partial charge in [-0.1, -0.05) is 6.92 Å². The number of likely N-dealkylation sites (tertiary alicyclic amines) is 1. The Balaban J connectivity index is 1.28. The molecule has 8 nitrogen and oxygen atoms in total. The van der Waals surface area contributed by atoms with E-state index in [9.17, 15) is 28.0 Å². The topological polar surface area (TPSA) is 86.1 Å². The smallest absolute Gasteiger partial charge is 0.417 e. The zero-order chi connectivity index (χ0) is 33.4. The number of hydrogen-bond acceptors (Lipinski definition) is 7. The van der Waals surface area contributed by atoms with Crippen molar-refractivity contribution >= 4 is 36.0 Å². The summed E-state index contributed by atoms with van der Waals surface area (Å²) in [5.41, 5.74) is -2.08. The largest absolute Gasteiger partial charge is 0.493 e. The molecule has 2 saturated heterocycles. The highest BCUT2D eigenvalue weighted by molar-refractivity contribution is 7.81. The molecule has 2 heterocycles. The number of piperidine rings is 1. The first kappa shape index (κ1) is 33.8. The standard InChI is InChI=1S/C34H41F3N4O4S/c1-5-23-19-26(9-10-28(23)44-18-13-22-11-16-39(17-12-22)31(43)45-32(2,3)4)41-30(46)40(29(42)33(41)14-6-15-33)25-8-7-24(21-38)27(20-25)34(35,36)37/h7-10,19-20,22,30,46H,5-6,11-18H2,1-4H3. The Bertz CT molecular complexity index is 1510. The maximum Gasteiger partial charge on any atom is 0.417 e. The average molecular weight is 659 g/mol. The molecule has 1 saturated carbocycles. The van der Waals surface area contributed by atoms with E-state index in [0.29, 0.717) is 44.9 Å². The van der Waals surface area contributed by atoms with Crippen LogP contribution in [0.2, 0.25) is 0 Å². The van der Waals surface area contributed by atoms with Crippen molar-refractivity contribution in [3.05, 3.63) is 53.1 Å². The van der Waals surface area contributed by atoms with Crippen molar-refractivity contribution in [1.29, 1.82) is 5.26 Å². The number of anilines is 2. The third kappa shape index (κ3) is 6.61. The number of amides is 2. The molecule has 2 aliphatic heterocycles. The molecule has 248 valence electrons. The van der Waals surface area contributed by atoms with Crippen molar-refractivity contribution in [1.82, 2.24) is 4.90 Å². The minimum atomic E-state index is -4.74. The molecule has 46 heavy (non-hydrogen) atoms. The normalized spacial score (nSPS) is 20.1. The van der Waals surface area contributed by atoms with E-state index >= 15 is 0 Å². The maximum atomic E-state index is 13.9. The van der Waals surface area contributed by atoms with Gasteiger partial charge in [-0.05, 0) is 114 Å². The van der Waals surface area contributed by atoms with Crippen LogP contribution in [-0.2, 0) is 22.1 Å². The molecule has 0 bridgehead atoms. The number of benzene rings is 2. The molecule has 1 spiro atoms. The van der Waals surface area contributed by atoms with E-state index in [4.69, 9.17) is 22.1 Å². The molecule has 0 aromatic heterocycles. The lowest BCUT2D eigenvalue weighted by Crippen LogP contribution is -2.55. The molecule has 3 fully saturated rings. The minimum Gasteiger partial charge on any atom is -0.493 e. The number of rotatable bonds is 7. The van der Waals surface area contributed by atoms with Crippen LogP contribution < -0.4 is 14.5 Å². The number of ether oxygens (including phenoxy) is 2. The van der Waals surface area contributed by atoms with Gasteiger partial charge in [0.2, 0.25) is 0 Å². The third-order valence-corrected chi connectivity index (χ3v) is 9.64. The Kier molecular flexibility index (Phi) is 9.47. The van der Waals surface area contributed by atoms with E-state index in [1.165, 1.54) is 11.0 Å². The quantitative estimate of drug-likeness (QED) is 0.310. The summed E-state index contributed by atoms with van der Waals surface area (Å²) in [5, 5.41) is 9.23. The number of carbonyl (C=O) groups is 2. The molecule has 0 radical (unpaired) electrons. The summed E-state index contributed by atoms with van der Waals surface area (Å²) in [6.45, 7) is 9.45. The summed E-state index contributed by atoms with van der Waals surface area (Å²) in [7, 11) is 0. The van der Waals surface area contributed by atoms with E-state index in [-0.39, 0.29) is 17.7 Å². The van der Waals surface area contributed by atoms with Crippen LogP contribution >= 0.6 is 12.6 Å². The first-order chi connectivity index (χ1) is 21.7. The second kappa shape index (κ2) is 12.9. The van der Waals surface area contributed by atoms with Gasteiger partial charge in [-0.3, -0.25) is 9.69 Å². The Morgan fingerprint density at radius 2 is 1.76 bits per heavy atom. The molecule has 12 heteroatoms. The van der Waals surface area contributed by atoms with Gasteiger partial charge >= 0.3 is 12.3 Å². The fraction of sp³-hybridized carbons (Fsp3) is 0.559. The predicted octanol–water partition coefficient (Wildman–Crippen LogP) is 7.54. The lowest BCUT2D eigenvalue weighted by molar-refractivity contribution is -0.137. The van der Waals surface area contributed by atoms with Crippen molar-refractivity contribution in [2.45, 2.75) is 95.5 Å². The van der Waals surface area contributed by atoms with Crippen LogP contribution in [0, 0.1) is 17.2 Å². The highest BCUT2D eigenvalue weighted by Gasteiger charge is 2.60. The van der Waals surface area contributed by atoms with Crippen LogP contribution in [0.1, 0.15) is 82.9 Å². The Morgan fingerprint density at radius 3 is 2.33 bits per heavy atom. The highest BCUT2D eigenvalue weighted by atomic mass is 32.1. The van der Waals surface area contributed by atoms with Gasteiger partial charge in [0.25, 0.3) is 5.91 Å². The Labute approximate surface area is 273 Å². The van der Waals surface area contributed by atoms with Gasteiger partial charge in [0.05, 0.1) is 23.8 Å². The van der Waals surface area contributed by atoms with Crippen molar-refractivity contribution in [2.24, 2.45) is 5.92 Å². The molecule has 5 rings (SSSR count). The van der Waals surface area contributed by atoms with Crippen LogP contribution in [0.25, 0.3) is 0 Å². The van der Waals surface area contributed by atoms with E-state index < -0.39 is 33.9 Å². The Morgan fingerprint density at radius 1 is 1.09 bits per heavy atom. The SMILES string of the molecule is CCc1cc(N2C(S)N(c3ccc(C#N)c(C(F)(F)F)c3)C(=O)C23CCC3)ccc1OCCC1CCN(C(=O)OC(C)(C)C)CC1.